The predicted octanol–water partition coefficient (Wildman–Crippen LogP) is 4.45. The first-order valence-electron chi connectivity index (χ1n) is 8.85. The van der Waals surface area contributed by atoms with Crippen LogP contribution in [0.25, 0.3) is 0 Å². The first-order chi connectivity index (χ1) is 13.4. The molecule has 0 aliphatic heterocycles. The molecule has 2 aromatic rings. The molecule has 5 nitrogen and oxygen atoms in total. The van der Waals surface area contributed by atoms with Crippen LogP contribution in [0.15, 0.2) is 23.6 Å². The van der Waals surface area contributed by atoms with Crippen LogP contribution in [0.3, 0.4) is 0 Å². The molecule has 2 N–H and O–H groups in total. The number of nitrogens with zero attached hydrogens (tertiary/aromatic N) is 1. The van der Waals surface area contributed by atoms with Gasteiger partial charge >= 0.3 is 6.18 Å². The number of alkyl halides is 3. The highest BCUT2D eigenvalue weighted by atomic mass is 35.5. The molecule has 1 saturated carbocycles. The van der Waals surface area contributed by atoms with Crippen LogP contribution >= 0.6 is 22.9 Å². The summed E-state index contributed by atoms with van der Waals surface area (Å²) < 4.78 is 42.0. The summed E-state index contributed by atoms with van der Waals surface area (Å²) in [5.41, 5.74) is -0.823. The topological polar surface area (TPSA) is 71.5 Å². The molecular formula is C19H20ClF3N2O3S. The first kappa shape index (κ1) is 21.9. The number of halogens is 4. The van der Waals surface area contributed by atoms with Crippen LogP contribution in [0.4, 0.5) is 13.2 Å². The van der Waals surface area contributed by atoms with Crippen LogP contribution in [0, 0.1) is 6.92 Å². The van der Waals surface area contributed by atoms with Gasteiger partial charge in [-0.05, 0) is 50.5 Å². The van der Waals surface area contributed by atoms with E-state index in [4.69, 9.17) is 16.3 Å². The number of hydrogen-bond donors (Lipinski definition) is 2. The van der Waals surface area contributed by atoms with Crippen LogP contribution in [-0.2, 0) is 15.9 Å². The third-order valence-electron chi connectivity index (χ3n) is 4.54. The van der Waals surface area contributed by atoms with E-state index < -0.39 is 29.8 Å². The van der Waals surface area contributed by atoms with E-state index in [2.05, 4.69) is 10.3 Å². The maximum Gasteiger partial charge on any atom is 0.422 e. The van der Waals surface area contributed by atoms with Gasteiger partial charge in [0, 0.05) is 16.1 Å². The van der Waals surface area contributed by atoms with E-state index in [1.165, 1.54) is 30.4 Å². The molecule has 0 bridgehead atoms. The summed E-state index contributed by atoms with van der Waals surface area (Å²) in [6.07, 6.45) is -3.44. The van der Waals surface area contributed by atoms with Gasteiger partial charge in [-0.2, -0.15) is 13.2 Å². The number of nitrogens with one attached hydrogen (secondary N) is 1. The third-order valence-corrected chi connectivity index (χ3v) is 5.97. The number of aryl methyl sites for hydroxylation is 1. The minimum absolute atomic E-state index is 0.0180. The highest BCUT2D eigenvalue weighted by Crippen LogP contribution is 2.47. The Labute approximate surface area is 174 Å². The van der Waals surface area contributed by atoms with Crippen molar-refractivity contribution in [2.75, 3.05) is 6.61 Å². The number of ether oxygens (including phenoxy) is 1. The highest BCUT2D eigenvalue weighted by molar-refractivity contribution is 7.09. The van der Waals surface area contributed by atoms with Crippen molar-refractivity contribution in [1.29, 1.82) is 0 Å². The van der Waals surface area contributed by atoms with Gasteiger partial charge in [-0.25, -0.2) is 4.98 Å². The van der Waals surface area contributed by atoms with Gasteiger partial charge < -0.3 is 15.2 Å². The van der Waals surface area contributed by atoms with Crippen LogP contribution in [0.2, 0.25) is 5.02 Å². The van der Waals surface area contributed by atoms with Gasteiger partial charge in [0.2, 0.25) is 5.91 Å². The third kappa shape index (κ3) is 5.61. The Morgan fingerprint density at radius 3 is 2.62 bits per heavy atom. The average molecular weight is 449 g/mol. The number of aromatic nitrogens is 1. The molecule has 1 heterocycles. The van der Waals surface area contributed by atoms with Gasteiger partial charge in [-0.1, -0.05) is 11.6 Å². The van der Waals surface area contributed by atoms with E-state index in [9.17, 15) is 23.1 Å². The second-order valence-electron chi connectivity index (χ2n) is 7.45. The molecule has 1 aromatic carbocycles. The lowest BCUT2D eigenvalue weighted by atomic mass is 10.0. The Balaban J connectivity index is 1.71. The van der Waals surface area contributed by atoms with Gasteiger partial charge in [0.05, 0.1) is 12.0 Å². The van der Waals surface area contributed by atoms with Gasteiger partial charge in [-0.3, -0.25) is 4.79 Å². The largest absolute Gasteiger partial charge is 0.484 e. The van der Waals surface area contributed by atoms with Gasteiger partial charge in [0.1, 0.15) is 16.4 Å². The number of thiazole rings is 1. The Hall–Kier alpha value is -1.84. The van der Waals surface area contributed by atoms with Crippen molar-refractivity contribution in [2.45, 2.75) is 50.4 Å². The van der Waals surface area contributed by atoms with Crippen molar-refractivity contribution in [1.82, 2.24) is 10.3 Å². The standard InChI is InChI=1S/C19H20ClF3N2O3S/c1-11-9-29-16(24-11)17(2,27)8-15(26)25-18(3-4-18)12-5-13(20)7-14(6-12)28-10-19(21,22)23/h5-7,9,27H,3-4,8,10H2,1-2H3,(H,25,26)/t17-/m1/s1. The molecule has 0 unspecified atom stereocenters. The molecule has 3 rings (SSSR count). The zero-order valence-electron chi connectivity index (χ0n) is 15.8. The second-order valence-corrected chi connectivity index (χ2v) is 8.75. The molecule has 0 saturated heterocycles. The number of aliphatic hydroxyl groups is 1. The fourth-order valence-corrected chi connectivity index (χ4v) is 4.08. The Morgan fingerprint density at radius 1 is 1.38 bits per heavy atom. The minimum atomic E-state index is -4.46. The van der Waals surface area contributed by atoms with Crippen molar-refractivity contribution >= 4 is 28.8 Å². The summed E-state index contributed by atoms with van der Waals surface area (Å²) in [5, 5.41) is 16.0. The van der Waals surface area contributed by atoms with E-state index in [0.717, 1.165) is 5.69 Å². The second kappa shape index (κ2) is 7.77. The Bertz CT molecular complexity index is 910. The summed E-state index contributed by atoms with van der Waals surface area (Å²) in [5.74, 6) is -0.409. The lowest BCUT2D eigenvalue weighted by Crippen LogP contribution is -2.39. The molecule has 158 valence electrons. The van der Waals surface area contributed by atoms with Crippen molar-refractivity contribution in [2.24, 2.45) is 0 Å². The van der Waals surface area contributed by atoms with Crippen LogP contribution in [0.5, 0.6) is 5.75 Å². The molecule has 10 heteroatoms. The van der Waals surface area contributed by atoms with Crippen molar-refractivity contribution in [3.8, 4) is 5.75 Å². The smallest absolute Gasteiger partial charge is 0.422 e. The molecule has 1 amide bonds. The lowest BCUT2D eigenvalue weighted by molar-refractivity contribution is -0.153. The maximum atomic E-state index is 12.6. The summed E-state index contributed by atoms with van der Waals surface area (Å²) in [6.45, 7) is 1.89. The molecule has 29 heavy (non-hydrogen) atoms. The van der Waals surface area contributed by atoms with E-state index >= 15 is 0 Å². The molecule has 1 fully saturated rings. The number of benzene rings is 1. The van der Waals surface area contributed by atoms with Crippen molar-refractivity contribution in [3.05, 3.63) is 44.9 Å². The Kier molecular flexibility index (Phi) is 5.86. The zero-order valence-corrected chi connectivity index (χ0v) is 17.3. The number of hydrogen-bond acceptors (Lipinski definition) is 5. The Morgan fingerprint density at radius 2 is 2.07 bits per heavy atom. The monoisotopic (exact) mass is 448 g/mol. The van der Waals surface area contributed by atoms with E-state index in [-0.39, 0.29) is 17.2 Å². The number of amides is 1. The number of carbonyl (C=O) groups is 1. The summed E-state index contributed by atoms with van der Waals surface area (Å²) in [4.78, 5) is 16.8. The summed E-state index contributed by atoms with van der Waals surface area (Å²) >= 11 is 7.31. The summed E-state index contributed by atoms with van der Waals surface area (Å²) in [7, 11) is 0. The molecule has 1 aromatic heterocycles. The molecular weight excluding hydrogens is 429 g/mol. The fourth-order valence-electron chi connectivity index (χ4n) is 3.00. The fraction of sp³-hybridized carbons (Fsp3) is 0.474. The van der Waals surface area contributed by atoms with Crippen LogP contribution < -0.4 is 10.1 Å². The quantitative estimate of drug-likeness (QED) is 0.656. The van der Waals surface area contributed by atoms with Crippen LogP contribution in [0.1, 0.15) is 42.5 Å². The predicted molar refractivity (Wildman–Crippen MR) is 103 cm³/mol. The van der Waals surface area contributed by atoms with Gasteiger partial charge in [0.25, 0.3) is 0 Å². The number of rotatable bonds is 7. The van der Waals surface area contributed by atoms with Gasteiger partial charge in [0.15, 0.2) is 6.61 Å². The molecule has 0 radical (unpaired) electrons. The molecule has 1 atom stereocenters. The lowest BCUT2D eigenvalue weighted by Gasteiger charge is -2.24. The van der Waals surface area contributed by atoms with Gasteiger partial charge in [-0.15, -0.1) is 11.3 Å². The summed E-state index contributed by atoms with van der Waals surface area (Å²) in [6, 6.07) is 4.34. The number of carbonyl (C=O) groups excluding carboxylic acids is 1. The SMILES string of the molecule is Cc1csc([C@](C)(O)CC(=O)NC2(c3cc(Cl)cc(OCC(F)(F)F)c3)CC2)n1. The van der Waals surface area contributed by atoms with E-state index in [1.807, 2.05) is 0 Å². The molecule has 1 aliphatic rings. The molecule has 1 aliphatic carbocycles. The van der Waals surface area contributed by atoms with Crippen molar-refractivity contribution < 1.29 is 27.8 Å². The van der Waals surface area contributed by atoms with Crippen molar-refractivity contribution in [3.63, 3.8) is 0 Å². The highest BCUT2D eigenvalue weighted by Gasteiger charge is 2.47. The normalized spacial score (nSPS) is 17.5. The van der Waals surface area contributed by atoms with E-state index in [0.29, 0.717) is 23.4 Å². The van der Waals surface area contributed by atoms with Crippen LogP contribution in [-0.4, -0.2) is 28.8 Å². The van der Waals surface area contributed by atoms with E-state index in [1.54, 1.807) is 18.4 Å². The maximum absolute atomic E-state index is 12.6. The average Bonchev–Trinajstić information content (AvgIpc) is 3.22. The zero-order chi connectivity index (χ0) is 21.4. The minimum Gasteiger partial charge on any atom is -0.484 e. The molecule has 0 spiro atoms. The first-order valence-corrected chi connectivity index (χ1v) is 10.1.